The number of fused-ring (bicyclic) bond motifs is 2. The molecule has 38 heavy (non-hydrogen) atoms. The number of hydrogen-bond acceptors (Lipinski definition) is 7. The van der Waals surface area contributed by atoms with Crippen LogP contribution in [0.15, 0.2) is 89.6 Å². The standard InChI is InChI=1S/C29H24N4O4S/c1-36-24-10-8-20(9-11-24)26-16-25(22-7-6-19-4-2-3-5-21(19)14-22)31-33(26)27(34)18-37-28(35)15-23-17-32-12-13-38-29(32)30-23/h2-14,17,26H,15-16,18H2,1H3/t26-/m1/s1. The summed E-state index contributed by atoms with van der Waals surface area (Å²) in [5.74, 6) is -0.169. The van der Waals surface area contributed by atoms with Gasteiger partial charge < -0.3 is 9.47 Å². The van der Waals surface area contributed by atoms with Crippen molar-refractivity contribution in [2.24, 2.45) is 5.10 Å². The smallest absolute Gasteiger partial charge is 0.312 e. The molecule has 0 spiro atoms. The lowest BCUT2D eigenvalue weighted by Crippen LogP contribution is -2.31. The molecule has 3 heterocycles. The summed E-state index contributed by atoms with van der Waals surface area (Å²) in [4.78, 5) is 31.0. The first-order chi connectivity index (χ1) is 18.6. The van der Waals surface area contributed by atoms with E-state index >= 15 is 0 Å². The summed E-state index contributed by atoms with van der Waals surface area (Å²) >= 11 is 1.49. The lowest BCUT2D eigenvalue weighted by molar-refractivity contribution is -0.152. The van der Waals surface area contributed by atoms with Crippen molar-refractivity contribution in [3.05, 3.63) is 101 Å². The molecule has 0 saturated heterocycles. The Hall–Kier alpha value is -4.50. The fourth-order valence-corrected chi connectivity index (χ4v) is 5.36. The van der Waals surface area contributed by atoms with Gasteiger partial charge in [-0.05, 0) is 40.1 Å². The number of aromatic nitrogens is 2. The van der Waals surface area contributed by atoms with Crippen LogP contribution in [0.1, 0.15) is 29.3 Å². The van der Waals surface area contributed by atoms with Gasteiger partial charge in [0.05, 0.1) is 31.0 Å². The third kappa shape index (κ3) is 4.76. The number of carbonyl (C=O) groups is 2. The summed E-state index contributed by atoms with van der Waals surface area (Å²) in [6, 6.07) is 21.6. The van der Waals surface area contributed by atoms with E-state index in [2.05, 4.69) is 29.2 Å². The molecule has 1 aliphatic rings. The minimum atomic E-state index is -0.511. The largest absolute Gasteiger partial charge is 0.497 e. The van der Waals surface area contributed by atoms with Crippen LogP contribution in [0.3, 0.4) is 0 Å². The Morgan fingerprint density at radius 1 is 1.05 bits per heavy atom. The summed E-state index contributed by atoms with van der Waals surface area (Å²) in [7, 11) is 1.61. The van der Waals surface area contributed by atoms with Gasteiger partial charge in [-0.15, -0.1) is 11.3 Å². The predicted molar refractivity (Wildman–Crippen MR) is 145 cm³/mol. The lowest BCUT2D eigenvalue weighted by atomic mass is 9.97. The zero-order chi connectivity index (χ0) is 26.1. The molecular weight excluding hydrogens is 500 g/mol. The van der Waals surface area contributed by atoms with Crippen molar-refractivity contribution < 1.29 is 19.1 Å². The van der Waals surface area contributed by atoms with Gasteiger partial charge in [0.1, 0.15) is 5.75 Å². The fraction of sp³-hybridized carbons (Fsp3) is 0.172. The van der Waals surface area contributed by atoms with E-state index in [0.29, 0.717) is 12.1 Å². The molecule has 0 aliphatic carbocycles. The quantitative estimate of drug-likeness (QED) is 0.279. The Morgan fingerprint density at radius 3 is 2.66 bits per heavy atom. The Balaban J connectivity index is 1.21. The molecule has 1 aliphatic heterocycles. The Bertz CT molecular complexity index is 1640. The van der Waals surface area contributed by atoms with Crippen LogP contribution in [0.25, 0.3) is 15.7 Å². The number of imidazole rings is 1. The van der Waals surface area contributed by atoms with Gasteiger partial charge in [0.15, 0.2) is 11.6 Å². The Morgan fingerprint density at radius 2 is 1.87 bits per heavy atom. The highest BCUT2D eigenvalue weighted by atomic mass is 32.1. The number of ether oxygens (including phenoxy) is 2. The summed E-state index contributed by atoms with van der Waals surface area (Å²) in [6.45, 7) is -0.401. The number of amides is 1. The lowest BCUT2D eigenvalue weighted by Gasteiger charge is -2.22. The van der Waals surface area contributed by atoms with E-state index in [0.717, 1.165) is 38.3 Å². The van der Waals surface area contributed by atoms with E-state index < -0.39 is 12.6 Å². The summed E-state index contributed by atoms with van der Waals surface area (Å²) in [5.41, 5.74) is 3.27. The van der Waals surface area contributed by atoms with Gasteiger partial charge in [-0.1, -0.05) is 48.5 Å². The van der Waals surface area contributed by atoms with Crippen LogP contribution in [0, 0.1) is 0 Å². The van der Waals surface area contributed by atoms with Gasteiger partial charge >= 0.3 is 5.97 Å². The molecular formula is C29H24N4O4S. The second kappa shape index (κ2) is 10.1. The Kier molecular flexibility index (Phi) is 6.35. The van der Waals surface area contributed by atoms with Crippen LogP contribution in [-0.2, 0) is 20.7 Å². The highest BCUT2D eigenvalue weighted by Gasteiger charge is 2.33. The second-order valence-electron chi connectivity index (χ2n) is 9.00. The van der Waals surface area contributed by atoms with Gasteiger partial charge in [0, 0.05) is 24.2 Å². The molecule has 0 radical (unpaired) electrons. The van der Waals surface area contributed by atoms with Crippen molar-refractivity contribution in [1.29, 1.82) is 0 Å². The molecule has 2 aromatic heterocycles. The molecule has 5 aromatic rings. The topological polar surface area (TPSA) is 85.5 Å². The van der Waals surface area contributed by atoms with E-state index in [-0.39, 0.29) is 18.4 Å². The van der Waals surface area contributed by atoms with Crippen LogP contribution in [-0.4, -0.2) is 45.7 Å². The number of thiazole rings is 1. The first kappa shape index (κ1) is 23.9. The molecule has 0 unspecified atom stereocenters. The van der Waals surface area contributed by atoms with Crippen molar-refractivity contribution in [3.63, 3.8) is 0 Å². The minimum Gasteiger partial charge on any atom is -0.497 e. The van der Waals surface area contributed by atoms with Crippen molar-refractivity contribution in [3.8, 4) is 5.75 Å². The molecule has 9 heteroatoms. The molecule has 1 atom stereocenters. The summed E-state index contributed by atoms with van der Waals surface area (Å²) < 4.78 is 12.5. The number of esters is 1. The maximum atomic E-state index is 13.3. The molecule has 0 fully saturated rings. The van der Waals surface area contributed by atoms with Crippen LogP contribution in [0.5, 0.6) is 5.75 Å². The van der Waals surface area contributed by atoms with Crippen molar-refractivity contribution >= 4 is 44.7 Å². The van der Waals surface area contributed by atoms with Gasteiger partial charge in [0.2, 0.25) is 0 Å². The van der Waals surface area contributed by atoms with E-state index in [1.54, 1.807) is 13.3 Å². The highest BCUT2D eigenvalue weighted by molar-refractivity contribution is 7.15. The maximum Gasteiger partial charge on any atom is 0.312 e. The van der Waals surface area contributed by atoms with Crippen LogP contribution in [0.2, 0.25) is 0 Å². The van der Waals surface area contributed by atoms with Crippen molar-refractivity contribution in [2.45, 2.75) is 18.9 Å². The number of benzene rings is 3. The minimum absolute atomic E-state index is 0.00477. The number of carbonyl (C=O) groups excluding carboxylic acids is 2. The van der Waals surface area contributed by atoms with Gasteiger partial charge in [-0.25, -0.2) is 9.99 Å². The van der Waals surface area contributed by atoms with Crippen molar-refractivity contribution in [2.75, 3.05) is 13.7 Å². The van der Waals surface area contributed by atoms with E-state index in [9.17, 15) is 9.59 Å². The monoisotopic (exact) mass is 524 g/mol. The number of hydrogen-bond donors (Lipinski definition) is 0. The van der Waals surface area contributed by atoms with E-state index in [4.69, 9.17) is 14.6 Å². The van der Waals surface area contributed by atoms with Gasteiger partial charge in [-0.3, -0.25) is 14.0 Å². The molecule has 1 amide bonds. The fourth-order valence-electron chi connectivity index (χ4n) is 4.64. The summed E-state index contributed by atoms with van der Waals surface area (Å²) in [5, 5.41) is 10.3. The predicted octanol–water partition coefficient (Wildman–Crippen LogP) is 5.02. The first-order valence-electron chi connectivity index (χ1n) is 12.2. The molecule has 0 N–H and O–H groups in total. The maximum absolute atomic E-state index is 13.3. The average Bonchev–Trinajstić information content (AvgIpc) is 3.67. The number of rotatable bonds is 7. The average molecular weight is 525 g/mol. The molecule has 0 saturated carbocycles. The van der Waals surface area contributed by atoms with Crippen LogP contribution in [0.4, 0.5) is 0 Å². The molecule has 0 bridgehead atoms. The molecule has 8 nitrogen and oxygen atoms in total. The zero-order valence-corrected chi connectivity index (χ0v) is 21.4. The normalized spacial score (nSPS) is 15.1. The van der Waals surface area contributed by atoms with Gasteiger partial charge in [0.25, 0.3) is 5.91 Å². The first-order valence-corrected chi connectivity index (χ1v) is 13.0. The number of methoxy groups -OCH3 is 1. The van der Waals surface area contributed by atoms with E-state index in [1.165, 1.54) is 16.3 Å². The third-order valence-electron chi connectivity index (χ3n) is 6.57. The van der Waals surface area contributed by atoms with Crippen LogP contribution >= 0.6 is 11.3 Å². The second-order valence-corrected chi connectivity index (χ2v) is 9.88. The van der Waals surface area contributed by atoms with Crippen LogP contribution < -0.4 is 4.74 Å². The Labute approximate surface area is 222 Å². The zero-order valence-electron chi connectivity index (χ0n) is 20.6. The number of hydrazone groups is 1. The number of nitrogens with zero attached hydrogens (tertiary/aromatic N) is 4. The molecule has 190 valence electrons. The third-order valence-corrected chi connectivity index (χ3v) is 7.35. The van der Waals surface area contributed by atoms with Crippen molar-refractivity contribution in [1.82, 2.24) is 14.4 Å². The SMILES string of the molecule is COc1ccc([C@H]2CC(c3ccc4ccccc4c3)=NN2C(=O)COC(=O)Cc2cn3ccsc3n2)cc1. The summed E-state index contributed by atoms with van der Waals surface area (Å²) in [6.07, 6.45) is 4.20. The van der Waals surface area contributed by atoms with E-state index in [1.807, 2.05) is 58.4 Å². The highest BCUT2D eigenvalue weighted by Crippen LogP contribution is 2.34. The molecule has 3 aromatic carbocycles. The van der Waals surface area contributed by atoms with Gasteiger partial charge in [-0.2, -0.15) is 5.10 Å². The molecule has 6 rings (SSSR count).